The minimum Gasteiger partial charge on any atom is -0.394 e. The number of amides is 1. The number of aliphatic hydroxyl groups excluding tert-OH is 1. The molecule has 5 rings (SSSR count). The molecule has 0 bridgehead atoms. The quantitative estimate of drug-likeness (QED) is 0.882. The molecule has 1 spiro atoms. The number of carbonyl (C=O) groups is 1. The van der Waals surface area contributed by atoms with Crippen molar-refractivity contribution in [3.05, 3.63) is 35.4 Å². The third-order valence-corrected chi connectivity index (χ3v) is 7.44. The fourth-order valence-electron chi connectivity index (χ4n) is 5.82. The summed E-state index contributed by atoms with van der Waals surface area (Å²) in [6.07, 6.45) is 4.27. The molecular weight excluding hydrogens is 342 g/mol. The van der Waals surface area contributed by atoms with Crippen LogP contribution in [0.1, 0.15) is 42.9 Å². The van der Waals surface area contributed by atoms with E-state index in [0.717, 1.165) is 52.0 Å². The fraction of sp³-hybridized carbons (Fsp3) is 0.682. The molecule has 2 unspecified atom stereocenters. The van der Waals surface area contributed by atoms with Gasteiger partial charge in [-0.2, -0.15) is 0 Å². The molecule has 0 radical (unpaired) electrons. The summed E-state index contributed by atoms with van der Waals surface area (Å²) >= 11 is 0. The molecule has 4 aliphatic rings. The average Bonchev–Trinajstić information content (AvgIpc) is 3.19. The lowest BCUT2D eigenvalue weighted by Gasteiger charge is -2.47. The number of benzene rings is 1. The van der Waals surface area contributed by atoms with Gasteiger partial charge in [-0.05, 0) is 54.1 Å². The predicted molar refractivity (Wildman–Crippen MR) is 100 cm³/mol. The highest BCUT2D eigenvalue weighted by molar-refractivity contribution is 5.82. The molecule has 5 heteroatoms. The van der Waals surface area contributed by atoms with Gasteiger partial charge in [0, 0.05) is 19.0 Å². The van der Waals surface area contributed by atoms with Crippen molar-refractivity contribution in [1.29, 1.82) is 0 Å². The number of ether oxygens (including phenoxy) is 2. The molecule has 1 aromatic carbocycles. The molecule has 27 heavy (non-hydrogen) atoms. The summed E-state index contributed by atoms with van der Waals surface area (Å²) in [7, 11) is 0. The maximum atomic E-state index is 12.9. The van der Waals surface area contributed by atoms with Crippen LogP contribution in [0.5, 0.6) is 0 Å². The van der Waals surface area contributed by atoms with Crippen molar-refractivity contribution >= 4 is 5.91 Å². The topological polar surface area (TPSA) is 59.0 Å². The first kappa shape index (κ1) is 17.7. The lowest BCUT2D eigenvalue weighted by molar-refractivity contribution is -0.135. The SMILES string of the molecule is O=C(C1[C@H]2COC[C@@H]12)N1CCC2(CCC(OCCO)c3ccccc32)CC1. The molecule has 1 aromatic rings. The van der Waals surface area contributed by atoms with Crippen LogP contribution in [0.4, 0.5) is 0 Å². The van der Waals surface area contributed by atoms with E-state index in [2.05, 4.69) is 29.2 Å². The van der Waals surface area contributed by atoms with Gasteiger partial charge in [-0.3, -0.25) is 4.79 Å². The molecule has 2 heterocycles. The van der Waals surface area contributed by atoms with Crippen LogP contribution < -0.4 is 0 Å². The lowest BCUT2D eigenvalue weighted by Crippen LogP contribution is -2.47. The molecular formula is C22H29NO4. The highest BCUT2D eigenvalue weighted by atomic mass is 16.5. The molecule has 0 aromatic heterocycles. The highest BCUT2D eigenvalue weighted by Crippen LogP contribution is 2.53. The van der Waals surface area contributed by atoms with Crippen molar-refractivity contribution in [3.63, 3.8) is 0 Å². The number of fused-ring (bicyclic) bond motifs is 3. The summed E-state index contributed by atoms with van der Waals surface area (Å²) in [4.78, 5) is 15.0. The Kier molecular flexibility index (Phi) is 4.49. The van der Waals surface area contributed by atoms with Crippen LogP contribution in [0.3, 0.4) is 0 Å². The molecule has 2 aliphatic heterocycles. The lowest BCUT2D eigenvalue weighted by atomic mass is 9.64. The van der Waals surface area contributed by atoms with Crippen molar-refractivity contribution in [2.24, 2.45) is 17.8 Å². The van der Waals surface area contributed by atoms with Crippen LogP contribution >= 0.6 is 0 Å². The van der Waals surface area contributed by atoms with Crippen molar-refractivity contribution in [1.82, 2.24) is 4.90 Å². The van der Waals surface area contributed by atoms with Crippen LogP contribution in [0.25, 0.3) is 0 Å². The summed E-state index contributed by atoms with van der Waals surface area (Å²) < 4.78 is 11.4. The first-order chi connectivity index (χ1) is 13.2. The van der Waals surface area contributed by atoms with E-state index < -0.39 is 0 Å². The van der Waals surface area contributed by atoms with Crippen molar-refractivity contribution in [2.45, 2.75) is 37.2 Å². The second kappa shape index (κ2) is 6.87. The van der Waals surface area contributed by atoms with Gasteiger partial charge in [0.05, 0.1) is 32.5 Å². The number of aliphatic hydroxyl groups is 1. The van der Waals surface area contributed by atoms with E-state index in [0.29, 0.717) is 24.3 Å². The van der Waals surface area contributed by atoms with Gasteiger partial charge in [0.15, 0.2) is 0 Å². The van der Waals surface area contributed by atoms with E-state index in [9.17, 15) is 4.79 Å². The Morgan fingerprint density at radius 1 is 1.19 bits per heavy atom. The van der Waals surface area contributed by atoms with Gasteiger partial charge < -0.3 is 19.5 Å². The second-order valence-electron chi connectivity index (χ2n) is 8.71. The number of hydrogen-bond acceptors (Lipinski definition) is 4. The van der Waals surface area contributed by atoms with Gasteiger partial charge in [0.1, 0.15) is 0 Å². The Balaban J connectivity index is 1.29. The normalized spacial score (nSPS) is 33.6. The third-order valence-electron chi connectivity index (χ3n) is 7.44. The molecule has 3 fully saturated rings. The fourth-order valence-corrected chi connectivity index (χ4v) is 5.82. The maximum Gasteiger partial charge on any atom is 0.226 e. The summed E-state index contributed by atoms with van der Waals surface area (Å²) in [5, 5.41) is 9.11. The van der Waals surface area contributed by atoms with Gasteiger partial charge in [-0.1, -0.05) is 24.3 Å². The highest BCUT2D eigenvalue weighted by Gasteiger charge is 2.59. The van der Waals surface area contributed by atoms with E-state index >= 15 is 0 Å². The number of piperidine rings is 1. The van der Waals surface area contributed by atoms with Gasteiger partial charge in [0.2, 0.25) is 5.91 Å². The molecule has 4 atom stereocenters. The number of nitrogens with zero attached hydrogens (tertiary/aromatic N) is 1. The molecule has 146 valence electrons. The van der Waals surface area contributed by atoms with Crippen LogP contribution in [0, 0.1) is 17.8 Å². The number of carbonyl (C=O) groups excluding carboxylic acids is 1. The molecule has 5 nitrogen and oxygen atoms in total. The Bertz CT molecular complexity index is 702. The second-order valence-corrected chi connectivity index (χ2v) is 8.71. The Morgan fingerprint density at radius 2 is 1.93 bits per heavy atom. The summed E-state index contributed by atoms with van der Waals surface area (Å²) in [6.45, 7) is 3.75. The average molecular weight is 371 g/mol. The van der Waals surface area contributed by atoms with Gasteiger partial charge >= 0.3 is 0 Å². The predicted octanol–water partition coefficient (Wildman–Crippen LogP) is 2.28. The van der Waals surface area contributed by atoms with Crippen molar-refractivity contribution in [3.8, 4) is 0 Å². The molecule has 1 amide bonds. The smallest absolute Gasteiger partial charge is 0.226 e. The van der Waals surface area contributed by atoms with E-state index in [1.54, 1.807) is 0 Å². The van der Waals surface area contributed by atoms with E-state index in [-0.39, 0.29) is 24.0 Å². The van der Waals surface area contributed by atoms with Gasteiger partial charge in [-0.15, -0.1) is 0 Å². The van der Waals surface area contributed by atoms with E-state index in [4.69, 9.17) is 14.6 Å². The standard InChI is InChI=1S/C22H29NO4/c24-11-12-27-19-5-6-22(18-4-2-1-3-15(18)19)7-9-23(10-8-22)21(25)20-16-13-26-14-17(16)20/h1-4,16-17,19-20,24H,5-14H2/t16-,17+,19?,20?. The van der Waals surface area contributed by atoms with E-state index in [1.165, 1.54) is 11.1 Å². The Morgan fingerprint density at radius 3 is 2.67 bits per heavy atom. The number of rotatable bonds is 4. The van der Waals surface area contributed by atoms with Gasteiger partial charge in [0.25, 0.3) is 0 Å². The first-order valence-corrected chi connectivity index (χ1v) is 10.4. The Hall–Kier alpha value is -1.43. The van der Waals surface area contributed by atoms with Crippen LogP contribution in [0.2, 0.25) is 0 Å². The summed E-state index contributed by atoms with van der Waals surface area (Å²) in [5.74, 6) is 1.60. The zero-order valence-electron chi connectivity index (χ0n) is 15.8. The molecule has 1 saturated carbocycles. The minimum absolute atomic E-state index is 0.0646. The largest absolute Gasteiger partial charge is 0.394 e. The minimum atomic E-state index is 0.0646. The zero-order chi connectivity index (χ0) is 18.4. The number of likely N-dealkylation sites (tertiary alicyclic amines) is 1. The van der Waals surface area contributed by atoms with Crippen molar-refractivity contribution < 1.29 is 19.4 Å². The maximum absolute atomic E-state index is 12.9. The molecule has 1 N–H and O–H groups in total. The first-order valence-electron chi connectivity index (χ1n) is 10.4. The van der Waals surface area contributed by atoms with Gasteiger partial charge in [-0.25, -0.2) is 0 Å². The van der Waals surface area contributed by atoms with Crippen LogP contribution in [0.15, 0.2) is 24.3 Å². The third kappa shape index (κ3) is 2.91. The molecule has 2 saturated heterocycles. The monoisotopic (exact) mass is 371 g/mol. The summed E-state index contributed by atoms with van der Waals surface area (Å²) in [5.41, 5.74) is 2.86. The number of hydrogen-bond donors (Lipinski definition) is 1. The Labute approximate surface area is 160 Å². The summed E-state index contributed by atoms with van der Waals surface area (Å²) in [6, 6.07) is 8.64. The van der Waals surface area contributed by atoms with E-state index in [1.807, 2.05) is 0 Å². The van der Waals surface area contributed by atoms with Crippen LogP contribution in [-0.4, -0.2) is 55.4 Å². The zero-order valence-corrected chi connectivity index (χ0v) is 15.8. The van der Waals surface area contributed by atoms with Crippen LogP contribution in [-0.2, 0) is 19.7 Å². The van der Waals surface area contributed by atoms with Crippen molar-refractivity contribution in [2.75, 3.05) is 39.5 Å². The molecule has 2 aliphatic carbocycles.